The molecule has 0 aliphatic heterocycles. The summed E-state index contributed by atoms with van der Waals surface area (Å²) in [7, 11) is 0. The SMILES string of the molecule is O=C(Nc1nc(-c2ccccn2)cs1)c1cc(Br)c(=O)n(Cc2ccc(F)cc2)c1. The fraction of sp³-hybridized carbons (Fsp3) is 0.0476. The molecule has 0 unspecified atom stereocenters. The summed E-state index contributed by atoms with van der Waals surface area (Å²) in [5.41, 5.74) is 2.12. The summed E-state index contributed by atoms with van der Waals surface area (Å²) in [5.74, 6) is -0.751. The van der Waals surface area contributed by atoms with E-state index in [1.54, 1.807) is 18.3 Å². The first-order valence-corrected chi connectivity index (χ1v) is 10.5. The molecule has 0 bridgehead atoms. The molecule has 3 heterocycles. The Hall–Kier alpha value is -3.17. The van der Waals surface area contributed by atoms with E-state index in [0.717, 1.165) is 5.56 Å². The van der Waals surface area contributed by atoms with E-state index < -0.39 is 5.91 Å². The van der Waals surface area contributed by atoms with Crippen molar-refractivity contribution in [2.24, 2.45) is 0 Å². The van der Waals surface area contributed by atoms with Crippen LogP contribution in [0.3, 0.4) is 0 Å². The van der Waals surface area contributed by atoms with Gasteiger partial charge < -0.3 is 4.57 Å². The largest absolute Gasteiger partial charge is 0.309 e. The van der Waals surface area contributed by atoms with Gasteiger partial charge >= 0.3 is 0 Å². The van der Waals surface area contributed by atoms with Crippen molar-refractivity contribution in [1.82, 2.24) is 14.5 Å². The Morgan fingerprint density at radius 3 is 2.70 bits per heavy atom. The molecule has 0 atom stereocenters. The molecule has 4 aromatic rings. The van der Waals surface area contributed by atoms with E-state index in [1.807, 2.05) is 23.6 Å². The smallest absolute Gasteiger partial charge is 0.265 e. The summed E-state index contributed by atoms with van der Waals surface area (Å²) >= 11 is 4.50. The quantitative estimate of drug-likeness (QED) is 0.450. The molecule has 0 radical (unpaired) electrons. The van der Waals surface area contributed by atoms with Gasteiger partial charge in [0.25, 0.3) is 11.5 Å². The number of hydrogen-bond donors (Lipinski definition) is 1. The first-order chi connectivity index (χ1) is 14.5. The predicted octanol–water partition coefficient (Wildman–Crippen LogP) is 4.57. The second-order valence-electron chi connectivity index (χ2n) is 6.34. The lowest BCUT2D eigenvalue weighted by Gasteiger charge is -2.10. The molecular formula is C21H14BrFN4O2S. The summed E-state index contributed by atoms with van der Waals surface area (Å²) in [6.45, 7) is 0.208. The maximum absolute atomic E-state index is 13.1. The number of nitrogens with zero attached hydrogens (tertiary/aromatic N) is 3. The third-order valence-corrected chi connectivity index (χ3v) is 5.55. The van der Waals surface area contributed by atoms with Crippen LogP contribution in [0.5, 0.6) is 0 Å². The first-order valence-electron chi connectivity index (χ1n) is 8.82. The number of pyridine rings is 2. The zero-order valence-corrected chi connectivity index (χ0v) is 17.8. The molecule has 0 saturated carbocycles. The van der Waals surface area contributed by atoms with Gasteiger partial charge in [-0.3, -0.25) is 19.9 Å². The van der Waals surface area contributed by atoms with Crippen LogP contribution in [0.1, 0.15) is 15.9 Å². The summed E-state index contributed by atoms with van der Waals surface area (Å²) in [5, 5.41) is 4.98. The van der Waals surface area contributed by atoms with Crippen LogP contribution >= 0.6 is 27.3 Å². The molecule has 4 rings (SSSR count). The number of carbonyl (C=O) groups excluding carboxylic acids is 1. The summed E-state index contributed by atoms with van der Waals surface area (Å²) in [6, 6.07) is 12.8. The average Bonchev–Trinajstić information content (AvgIpc) is 3.22. The predicted molar refractivity (Wildman–Crippen MR) is 117 cm³/mol. The lowest BCUT2D eigenvalue weighted by atomic mass is 10.2. The van der Waals surface area contributed by atoms with Crippen LogP contribution in [0, 0.1) is 5.82 Å². The van der Waals surface area contributed by atoms with E-state index in [2.05, 4.69) is 31.2 Å². The Morgan fingerprint density at radius 2 is 1.97 bits per heavy atom. The highest BCUT2D eigenvalue weighted by Crippen LogP contribution is 2.23. The number of thiazole rings is 1. The molecule has 0 spiro atoms. The summed E-state index contributed by atoms with van der Waals surface area (Å²) in [6.07, 6.45) is 3.15. The van der Waals surface area contributed by atoms with Gasteiger partial charge in [0, 0.05) is 17.8 Å². The number of halogens is 2. The topological polar surface area (TPSA) is 76.9 Å². The molecule has 0 aliphatic carbocycles. The maximum atomic E-state index is 13.1. The third kappa shape index (κ3) is 4.52. The minimum atomic E-state index is -0.398. The number of aromatic nitrogens is 3. The van der Waals surface area contributed by atoms with Crippen LogP contribution in [0.15, 0.2) is 75.6 Å². The van der Waals surface area contributed by atoms with Gasteiger partial charge in [-0.2, -0.15) is 0 Å². The average molecular weight is 485 g/mol. The van der Waals surface area contributed by atoms with Crippen molar-refractivity contribution in [3.8, 4) is 11.4 Å². The van der Waals surface area contributed by atoms with Gasteiger partial charge in [-0.15, -0.1) is 11.3 Å². The molecule has 0 saturated heterocycles. The lowest BCUT2D eigenvalue weighted by molar-refractivity contribution is 0.102. The Morgan fingerprint density at radius 1 is 1.17 bits per heavy atom. The fourth-order valence-electron chi connectivity index (χ4n) is 2.76. The van der Waals surface area contributed by atoms with E-state index in [4.69, 9.17) is 0 Å². The van der Waals surface area contributed by atoms with E-state index in [1.165, 1.54) is 40.3 Å². The van der Waals surface area contributed by atoms with Gasteiger partial charge in [-0.25, -0.2) is 9.37 Å². The number of carbonyl (C=O) groups is 1. The van der Waals surface area contributed by atoms with Crippen molar-refractivity contribution in [2.45, 2.75) is 6.54 Å². The third-order valence-electron chi connectivity index (χ3n) is 4.22. The molecule has 9 heteroatoms. The molecule has 6 nitrogen and oxygen atoms in total. The number of benzene rings is 1. The van der Waals surface area contributed by atoms with E-state index in [9.17, 15) is 14.0 Å². The highest BCUT2D eigenvalue weighted by Gasteiger charge is 2.14. The number of amides is 1. The van der Waals surface area contributed by atoms with Crippen molar-refractivity contribution in [3.63, 3.8) is 0 Å². The Labute approximate surface area is 183 Å². The molecule has 30 heavy (non-hydrogen) atoms. The van der Waals surface area contributed by atoms with Crippen LogP contribution in [-0.4, -0.2) is 20.4 Å². The fourth-order valence-corrected chi connectivity index (χ4v) is 3.93. The molecule has 3 aromatic heterocycles. The van der Waals surface area contributed by atoms with E-state index in [0.29, 0.717) is 16.5 Å². The zero-order chi connectivity index (χ0) is 21.1. The van der Waals surface area contributed by atoms with Gasteiger partial charge in [-0.05, 0) is 51.8 Å². The van der Waals surface area contributed by atoms with E-state index in [-0.39, 0.29) is 28.0 Å². The molecule has 1 amide bonds. The Balaban J connectivity index is 1.55. The van der Waals surface area contributed by atoms with Crippen LogP contribution in [0.25, 0.3) is 11.4 Å². The Bertz CT molecular complexity index is 1260. The standard InChI is InChI=1S/C21H14BrFN4O2S/c22-16-9-14(11-27(20(16)29)10-13-4-6-15(23)7-5-13)19(28)26-21-25-18(12-30-21)17-3-1-2-8-24-17/h1-9,11-12H,10H2,(H,25,26,28). The molecule has 0 aliphatic rings. The molecule has 0 fully saturated rings. The lowest BCUT2D eigenvalue weighted by Crippen LogP contribution is -2.24. The van der Waals surface area contributed by atoms with Crippen molar-refractivity contribution in [3.05, 3.63) is 98.1 Å². The van der Waals surface area contributed by atoms with Crippen molar-refractivity contribution < 1.29 is 9.18 Å². The van der Waals surface area contributed by atoms with Crippen LogP contribution in [0.4, 0.5) is 9.52 Å². The molecule has 1 aromatic carbocycles. The van der Waals surface area contributed by atoms with Gasteiger partial charge in [0.1, 0.15) is 11.5 Å². The number of nitrogens with one attached hydrogen (secondary N) is 1. The summed E-state index contributed by atoms with van der Waals surface area (Å²) < 4.78 is 14.8. The van der Waals surface area contributed by atoms with Crippen molar-refractivity contribution in [2.75, 3.05) is 5.32 Å². The van der Waals surface area contributed by atoms with E-state index >= 15 is 0 Å². The first kappa shape index (κ1) is 20.1. The monoisotopic (exact) mass is 484 g/mol. The van der Waals surface area contributed by atoms with Crippen LogP contribution in [-0.2, 0) is 6.54 Å². The van der Waals surface area contributed by atoms with Gasteiger partial charge in [0.05, 0.1) is 22.3 Å². The second-order valence-corrected chi connectivity index (χ2v) is 8.06. The highest BCUT2D eigenvalue weighted by atomic mass is 79.9. The van der Waals surface area contributed by atoms with Crippen LogP contribution in [0.2, 0.25) is 0 Å². The minimum Gasteiger partial charge on any atom is -0.309 e. The number of hydrogen-bond acceptors (Lipinski definition) is 5. The summed E-state index contributed by atoms with van der Waals surface area (Å²) in [4.78, 5) is 33.8. The van der Waals surface area contributed by atoms with Gasteiger partial charge in [-0.1, -0.05) is 18.2 Å². The Kier molecular flexibility index (Phi) is 5.82. The minimum absolute atomic E-state index is 0.208. The van der Waals surface area contributed by atoms with Crippen molar-refractivity contribution in [1.29, 1.82) is 0 Å². The van der Waals surface area contributed by atoms with Gasteiger partial charge in [0.2, 0.25) is 0 Å². The number of anilines is 1. The second kappa shape index (κ2) is 8.68. The normalized spacial score (nSPS) is 10.7. The number of rotatable bonds is 5. The van der Waals surface area contributed by atoms with Crippen LogP contribution < -0.4 is 10.9 Å². The van der Waals surface area contributed by atoms with Gasteiger partial charge in [0.15, 0.2) is 5.13 Å². The highest BCUT2D eigenvalue weighted by molar-refractivity contribution is 9.10. The zero-order valence-electron chi connectivity index (χ0n) is 15.4. The molecule has 1 N–H and O–H groups in total. The molecular weight excluding hydrogens is 471 g/mol. The maximum Gasteiger partial charge on any atom is 0.265 e. The van der Waals surface area contributed by atoms with Crippen molar-refractivity contribution >= 4 is 38.3 Å². The molecule has 150 valence electrons.